The number of aliphatic carboxylic acids is 1. The number of hydrogen-bond donors (Lipinski definition) is 11. The van der Waals surface area contributed by atoms with E-state index < -0.39 is 90.6 Å². The molecule has 0 fully saturated rings. The number of nitrogens with two attached hydrogens (primary N) is 4. The van der Waals surface area contributed by atoms with Gasteiger partial charge in [-0.05, 0) is 49.5 Å². The minimum absolute atomic E-state index is 0.0550. The van der Waals surface area contributed by atoms with Gasteiger partial charge in [0.25, 0.3) is 0 Å². The van der Waals surface area contributed by atoms with E-state index in [1.54, 1.807) is 30.3 Å². The molecular formula is C36H59N11O9. The number of carboxylic acid groups (broad SMARTS) is 1. The molecule has 0 aliphatic carbocycles. The Labute approximate surface area is 326 Å². The summed E-state index contributed by atoms with van der Waals surface area (Å²) in [6.07, 6.45) is 0.352. The van der Waals surface area contributed by atoms with Crippen molar-refractivity contribution in [1.82, 2.24) is 31.9 Å². The Balaban J connectivity index is 2.88. The van der Waals surface area contributed by atoms with Gasteiger partial charge in [-0.15, -0.1) is 0 Å². The highest BCUT2D eigenvalue weighted by Crippen LogP contribution is 2.10. The van der Waals surface area contributed by atoms with Gasteiger partial charge >= 0.3 is 5.97 Å². The molecule has 0 unspecified atom stereocenters. The first-order valence-electron chi connectivity index (χ1n) is 18.4. The molecule has 0 aromatic heterocycles. The number of primary amides is 1. The smallest absolute Gasteiger partial charge is 0.303 e. The Hall–Kier alpha value is -5.79. The molecule has 1 aromatic rings. The van der Waals surface area contributed by atoms with Crippen molar-refractivity contribution in [3.63, 3.8) is 0 Å². The van der Waals surface area contributed by atoms with Gasteiger partial charge < -0.3 is 59.9 Å². The first-order valence-corrected chi connectivity index (χ1v) is 18.4. The standard InChI is InChI=1S/C36H59N11O9/c1-20(2)15-26(47-35(56)27(16-21(3)4)46-32(53)23(37)12-13-30(50)51)33(54)43-18-28(48)42-19-29(49)44-24(11-8-14-41-36(39)40)34(55)45-25(31(38)52)17-22-9-6-5-7-10-22/h5-7,9-10,20-21,23-27H,8,11-19,37H2,1-4H3,(H2,38,52)(H,42,48)(H,43,54)(H,44,49)(H,45,55)(H,46,53)(H,47,56)(H,50,51)(H4,39,40,41)/t23-,24-,25-,26-,27-/m0/s1. The molecule has 312 valence electrons. The van der Waals surface area contributed by atoms with Crippen LogP contribution in [0.4, 0.5) is 0 Å². The predicted molar refractivity (Wildman–Crippen MR) is 207 cm³/mol. The SMILES string of the molecule is CC(C)C[C@H](NC(=O)[C@H](CC(C)C)NC(=O)[C@@H](N)CCC(=O)O)C(=O)NCC(=O)NCC(=O)N[C@@H](CCCN=C(N)N)C(=O)N[C@@H](Cc1ccccc1)C(N)=O. The molecule has 7 amide bonds. The number of amides is 7. The molecule has 5 atom stereocenters. The predicted octanol–water partition coefficient (Wildman–Crippen LogP) is -2.78. The van der Waals surface area contributed by atoms with E-state index in [9.17, 15) is 38.4 Å². The average molecular weight is 790 g/mol. The molecule has 0 bridgehead atoms. The van der Waals surface area contributed by atoms with Gasteiger partial charge in [0.1, 0.15) is 24.2 Å². The number of hydrogen-bond acceptors (Lipinski definition) is 10. The van der Waals surface area contributed by atoms with Crippen LogP contribution in [-0.4, -0.2) is 108 Å². The van der Waals surface area contributed by atoms with E-state index in [2.05, 4.69) is 36.9 Å². The van der Waals surface area contributed by atoms with Gasteiger partial charge in [0.15, 0.2) is 5.96 Å². The molecule has 0 aliphatic heterocycles. The van der Waals surface area contributed by atoms with Crippen LogP contribution in [0.3, 0.4) is 0 Å². The maximum atomic E-state index is 13.3. The van der Waals surface area contributed by atoms with Crippen molar-refractivity contribution in [2.45, 2.75) is 103 Å². The molecule has 56 heavy (non-hydrogen) atoms. The molecule has 20 heteroatoms. The Bertz CT molecular complexity index is 1520. The van der Waals surface area contributed by atoms with Crippen LogP contribution >= 0.6 is 0 Å². The highest BCUT2D eigenvalue weighted by molar-refractivity contribution is 5.95. The fraction of sp³-hybridized carbons (Fsp3) is 0.583. The molecule has 0 radical (unpaired) electrons. The Morgan fingerprint density at radius 3 is 1.75 bits per heavy atom. The second kappa shape index (κ2) is 25.3. The third-order valence-electron chi connectivity index (χ3n) is 8.10. The average Bonchev–Trinajstić information content (AvgIpc) is 3.11. The van der Waals surface area contributed by atoms with Crippen molar-refractivity contribution in [3.05, 3.63) is 35.9 Å². The number of aliphatic imine (C=N–C) groups is 1. The normalized spacial score (nSPS) is 13.6. The van der Waals surface area contributed by atoms with Gasteiger partial charge in [0.05, 0.1) is 19.1 Å². The van der Waals surface area contributed by atoms with Crippen LogP contribution in [-0.2, 0) is 44.8 Å². The lowest BCUT2D eigenvalue weighted by atomic mass is 9.99. The van der Waals surface area contributed by atoms with Gasteiger partial charge in [-0.1, -0.05) is 58.0 Å². The molecule has 20 nitrogen and oxygen atoms in total. The van der Waals surface area contributed by atoms with Crippen molar-refractivity contribution in [2.75, 3.05) is 19.6 Å². The summed E-state index contributed by atoms with van der Waals surface area (Å²) >= 11 is 0. The molecule has 1 rings (SSSR count). The van der Waals surface area contributed by atoms with Crippen molar-refractivity contribution >= 4 is 53.3 Å². The number of carboxylic acids is 1. The number of carbonyl (C=O) groups is 8. The Morgan fingerprint density at radius 1 is 0.661 bits per heavy atom. The highest BCUT2D eigenvalue weighted by atomic mass is 16.4. The zero-order valence-electron chi connectivity index (χ0n) is 32.5. The summed E-state index contributed by atoms with van der Waals surface area (Å²) in [6, 6.07) is 3.28. The number of nitrogens with one attached hydrogen (secondary N) is 6. The summed E-state index contributed by atoms with van der Waals surface area (Å²) in [5.74, 6) is -6.48. The van der Waals surface area contributed by atoms with E-state index in [0.717, 1.165) is 5.56 Å². The first kappa shape index (κ1) is 48.2. The lowest BCUT2D eigenvalue weighted by Crippen LogP contribution is -2.57. The monoisotopic (exact) mass is 789 g/mol. The fourth-order valence-electron chi connectivity index (χ4n) is 5.26. The van der Waals surface area contributed by atoms with Gasteiger partial charge in [-0.25, -0.2) is 0 Å². The minimum Gasteiger partial charge on any atom is -0.481 e. The molecular weight excluding hydrogens is 730 g/mol. The van der Waals surface area contributed by atoms with Gasteiger partial charge in [-0.2, -0.15) is 0 Å². The maximum absolute atomic E-state index is 13.3. The Kier molecular flexibility index (Phi) is 21.8. The third-order valence-corrected chi connectivity index (χ3v) is 8.10. The van der Waals surface area contributed by atoms with E-state index in [-0.39, 0.29) is 69.3 Å². The van der Waals surface area contributed by atoms with E-state index in [1.807, 2.05) is 27.7 Å². The van der Waals surface area contributed by atoms with Gasteiger partial charge in [0.2, 0.25) is 41.4 Å². The third kappa shape index (κ3) is 20.6. The van der Waals surface area contributed by atoms with E-state index in [1.165, 1.54) is 0 Å². The van der Waals surface area contributed by atoms with E-state index in [0.29, 0.717) is 0 Å². The van der Waals surface area contributed by atoms with E-state index in [4.69, 9.17) is 28.0 Å². The van der Waals surface area contributed by atoms with Crippen LogP contribution in [0, 0.1) is 11.8 Å². The zero-order chi connectivity index (χ0) is 42.4. The summed E-state index contributed by atoms with van der Waals surface area (Å²) in [5.41, 5.74) is 22.8. The molecule has 0 heterocycles. The molecule has 0 aliphatic rings. The van der Waals surface area contributed by atoms with Gasteiger partial charge in [0, 0.05) is 19.4 Å². The topological polar surface area (TPSA) is 345 Å². The summed E-state index contributed by atoms with van der Waals surface area (Å²) in [5, 5.41) is 24.0. The van der Waals surface area contributed by atoms with Gasteiger partial charge in [-0.3, -0.25) is 43.3 Å². The van der Waals surface area contributed by atoms with E-state index >= 15 is 0 Å². The second-order valence-corrected chi connectivity index (χ2v) is 14.1. The molecule has 0 saturated heterocycles. The highest BCUT2D eigenvalue weighted by Gasteiger charge is 2.30. The molecule has 0 spiro atoms. The largest absolute Gasteiger partial charge is 0.481 e. The summed E-state index contributed by atoms with van der Waals surface area (Å²) in [6.45, 7) is 6.29. The molecule has 1 aromatic carbocycles. The fourth-order valence-corrected chi connectivity index (χ4v) is 5.26. The van der Waals surface area contributed by atoms with Crippen LogP contribution in [0.25, 0.3) is 0 Å². The number of nitrogens with zero attached hydrogens (tertiary/aromatic N) is 1. The minimum atomic E-state index is -1.16. The number of benzene rings is 1. The van der Waals surface area contributed by atoms with Crippen LogP contribution < -0.4 is 54.8 Å². The quantitative estimate of drug-likeness (QED) is 0.0258. The first-order chi connectivity index (χ1) is 26.3. The van der Waals surface area contributed by atoms with Crippen molar-refractivity contribution in [3.8, 4) is 0 Å². The lowest BCUT2D eigenvalue weighted by molar-refractivity contribution is -0.137. The van der Waals surface area contributed by atoms with Crippen molar-refractivity contribution in [2.24, 2.45) is 39.8 Å². The van der Waals surface area contributed by atoms with Crippen LogP contribution in [0.15, 0.2) is 35.3 Å². The van der Waals surface area contributed by atoms with Crippen LogP contribution in [0.5, 0.6) is 0 Å². The molecule has 15 N–H and O–H groups in total. The van der Waals surface area contributed by atoms with Crippen molar-refractivity contribution in [1.29, 1.82) is 0 Å². The zero-order valence-corrected chi connectivity index (χ0v) is 32.5. The van der Waals surface area contributed by atoms with Crippen LogP contribution in [0.1, 0.15) is 71.8 Å². The maximum Gasteiger partial charge on any atom is 0.303 e. The summed E-state index contributed by atoms with van der Waals surface area (Å²) < 4.78 is 0. The molecule has 0 saturated carbocycles. The number of rotatable bonds is 26. The number of guanidine groups is 1. The summed E-state index contributed by atoms with van der Waals surface area (Å²) in [4.78, 5) is 105. The Morgan fingerprint density at radius 2 is 1.20 bits per heavy atom. The summed E-state index contributed by atoms with van der Waals surface area (Å²) in [7, 11) is 0. The lowest BCUT2D eigenvalue weighted by Gasteiger charge is -2.26. The van der Waals surface area contributed by atoms with Crippen molar-refractivity contribution < 1.29 is 43.5 Å². The second-order valence-electron chi connectivity index (χ2n) is 14.1. The number of carbonyl (C=O) groups excluding carboxylic acids is 7. The van der Waals surface area contributed by atoms with Crippen LogP contribution in [0.2, 0.25) is 0 Å².